The van der Waals surface area contributed by atoms with E-state index in [-0.39, 0.29) is 6.04 Å². The first-order valence-corrected chi connectivity index (χ1v) is 9.67. The highest BCUT2D eigenvalue weighted by molar-refractivity contribution is 9.10. The minimum Gasteiger partial charge on any atom is -0.477 e. The summed E-state index contributed by atoms with van der Waals surface area (Å²) in [6, 6.07) is 10.3. The van der Waals surface area contributed by atoms with E-state index >= 15 is 0 Å². The highest BCUT2D eigenvalue weighted by Crippen LogP contribution is 2.31. The van der Waals surface area contributed by atoms with Crippen LogP contribution in [-0.4, -0.2) is 21.6 Å². The van der Waals surface area contributed by atoms with Crippen LogP contribution in [0.2, 0.25) is 0 Å². The molecule has 0 spiro atoms. The van der Waals surface area contributed by atoms with Gasteiger partial charge in [0.25, 0.3) is 0 Å². The molecule has 26 heavy (non-hydrogen) atoms. The molecule has 1 aliphatic carbocycles. The Hall–Kier alpha value is -2.21. The molecule has 1 N–H and O–H groups in total. The number of aromatic nitrogens is 3. The summed E-state index contributed by atoms with van der Waals surface area (Å²) >= 11 is 3.53. The zero-order valence-electron chi connectivity index (χ0n) is 14.9. The SMILES string of the molecule is Cc1nc(NC(C)c2cccc(Br)c2)c2cc(OCC3CC3)ncc2n1. The minimum absolute atomic E-state index is 0.106. The van der Waals surface area contributed by atoms with Crippen molar-refractivity contribution in [2.24, 2.45) is 5.92 Å². The van der Waals surface area contributed by atoms with E-state index in [0.29, 0.717) is 11.8 Å². The number of pyridine rings is 1. The third kappa shape index (κ3) is 3.96. The molecule has 6 heteroatoms. The molecule has 3 aromatic rings. The summed E-state index contributed by atoms with van der Waals surface area (Å²) in [5.41, 5.74) is 2.00. The van der Waals surface area contributed by atoms with Crippen LogP contribution in [0.4, 0.5) is 5.82 Å². The fourth-order valence-electron chi connectivity index (χ4n) is 2.87. The van der Waals surface area contributed by atoms with Crippen LogP contribution in [-0.2, 0) is 0 Å². The maximum atomic E-state index is 5.83. The topological polar surface area (TPSA) is 59.9 Å². The van der Waals surface area contributed by atoms with Gasteiger partial charge >= 0.3 is 0 Å². The van der Waals surface area contributed by atoms with Crippen molar-refractivity contribution >= 4 is 32.7 Å². The number of nitrogens with zero attached hydrogens (tertiary/aromatic N) is 3. The van der Waals surface area contributed by atoms with Gasteiger partial charge in [-0.05, 0) is 50.3 Å². The summed E-state index contributed by atoms with van der Waals surface area (Å²) in [4.78, 5) is 13.5. The predicted octanol–water partition coefficient (Wildman–Crippen LogP) is 5.06. The van der Waals surface area contributed by atoms with E-state index < -0.39 is 0 Å². The standard InChI is InChI=1S/C20H21BrN4O/c1-12(15-4-3-5-16(21)8-15)23-20-17-9-19(26-11-14-6-7-14)22-10-18(17)24-13(2)25-20/h3-5,8-10,12,14H,6-7,11H2,1-2H3,(H,23,24,25). The molecule has 0 radical (unpaired) electrons. The van der Waals surface area contributed by atoms with Gasteiger partial charge in [-0.1, -0.05) is 28.1 Å². The van der Waals surface area contributed by atoms with Gasteiger partial charge in [0, 0.05) is 15.9 Å². The summed E-state index contributed by atoms with van der Waals surface area (Å²) in [5.74, 6) is 2.85. The zero-order valence-corrected chi connectivity index (χ0v) is 16.5. The van der Waals surface area contributed by atoms with Crippen molar-refractivity contribution in [1.82, 2.24) is 15.0 Å². The number of hydrogen-bond donors (Lipinski definition) is 1. The van der Waals surface area contributed by atoms with Crippen molar-refractivity contribution in [3.05, 3.63) is 52.4 Å². The lowest BCUT2D eigenvalue weighted by Gasteiger charge is -2.17. The van der Waals surface area contributed by atoms with E-state index in [0.717, 1.165) is 33.6 Å². The number of aryl methyl sites for hydroxylation is 1. The number of fused-ring (bicyclic) bond motifs is 1. The number of anilines is 1. The first kappa shape index (κ1) is 17.2. The van der Waals surface area contributed by atoms with Crippen molar-refractivity contribution in [2.75, 3.05) is 11.9 Å². The Labute approximate surface area is 161 Å². The third-order valence-corrected chi connectivity index (χ3v) is 5.03. The number of ether oxygens (including phenoxy) is 1. The molecule has 5 nitrogen and oxygen atoms in total. The predicted molar refractivity (Wildman–Crippen MR) is 106 cm³/mol. The van der Waals surface area contributed by atoms with Gasteiger partial charge in [0.2, 0.25) is 5.88 Å². The summed E-state index contributed by atoms with van der Waals surface area (Å²) < 4.78 is 6.89. The molecule has 2 aromatic heterocycles. The molecule has 0 amide bonds. The van der Waals surface area contributed by atoms with E-state index in [4.69, 9.17) is 4.74 Å². The minimum atomic E-state index is 0.106. The highest BCUT2D eigenvalue weighted by atomic mass is 79.9. The fraction of sp³-hybridized carbons (Fsp3) is 0.350. The Morgan fingerprint density at radius 2 is 2.12 bits per heavy atom. The average Bonchev–Trinajstić information content (AvgIpc) is 3.44. The maximum absolute atomic E-state index is 5.83. The van der Waals surface area contributed by atoms with Crippen LogP contribution >= 0.6 is 15.9 Å². The molecule has 0 saturated heterocycles. The van der Waals surface area contributed by atoms with Crippen LogP contribution in [0.15, 0.2) is 41.0 Å². The molecule has 1 saturated carbocycles. The molecule has 4 rings (SSSR count). The Bertz CT molecular complexity index is 942. The van der Waals surface area contributed by atoms with E-state index in [9.17, 15) is 0 Å². The second-order valence-corrected chi connectivity index (χ2v) is 7.75. The number of hydrogen-bond acceptors (Lipinski definition) is 5. The van der Waals surface area contributed by atoms with E-state index in [1.165, 1.54) is 18.4 Å². The van der Waals surface area contributed by atoms with Crippen molar-refractivity contribution in [2.45, 2.75) is 32.7 Å². The molecule has 1 unspecified atom stereocenters. The molecule has 0 bridgehead atoms. The lowest BCUT2D eigenvalue weighted by atomic mass is 10.1. The first-order valence-electron chi connectivity index (χ1n) is 8.87. The second kappa shape index (κ2) is 7.19. The third-order valence-electron chi connectivity index (χ3n) is 4.53. The molecule has 1 fully saturated rings. The maximum Gasteiger partial charge on any atom is 0.214 e. The van der Waals surface area contributed by atoms with Crippen molar-refractivity contribution in [3.8, 4) is 5.88 Å². The molecular formula is C20H21BrN4O. The van der Waals surface area contributed by atoms with Crippen LogP contribution in [0, 0.1) is 12.8 Å². The highest BCUT2D eigenvalue weighted by Gasteiger charge is 2.22. The Morgan fingerprint density at radius 3 is 2.88 bits per heavy atom. The summed E-state index contributed by atoms with van der Waals surface area (Å²) in [7, 11) is 0. The van der Waals surface area contributed by atoms with Gasteiger partial charge in [-0.15, -0.1) is 0 Å². The van der Waals surface area contributed by atoms with E-state index in [2.05, 4.69) is 55.3 Å². The summed E-state index contributed by atoms with van der Waals surface area (Å²) in [6.07, 6.45) is 4.28. The molecule has 134 valence electrons. The quantitative estimate of drug-likeness (QED) is 0.612. The average molecular weight is 413 g/mol. The van der Waals surface area contributed by atoms with Gasteiger partial charge in [-0.2, -0.15) is 0 Å². The number of rotatable bonds is 6. The van der Waals surface area contributed by atoms with Crippen LogP contribution in [0.25, 0.3) is 10.9 Å². The van der Waals surface area contributed by atoms with Gasteiger partial charge in [-0.25, -0.2) is 15.0 Å². The monoisotopic (exact) mass is 412 g/mol. The smallest absolute Gasteiger partial charge is 0.214 e. The fourth-order valence-corrected chi connectivity index (χ4v) is 3.29. The van der Waals surface area contributed by atoms with Gasteiger partial charge in [-0.3, -0.25) is 0 Å². The van der Waals surface area contributed by atoms with Gasteiger partial charge in [0.15, 0.2) is 0 Å². The van der Waals surface area contributed by atoms with Gasteiger partial charge in [0.05, 0.1) is 24.4 Å². The molecule has 1 aromatic carbocycles. The van der Waals surface area contributed by atoms with Crippen LogP contribution in [0.3, 0.4) is 0 Å². The lowest BCUT2D eigenvalue weighted by Crippen LogP contribution is -2.10. The Kier molecular flexibility index (Phi) is 4.76. The largest absolute Gasteiger partial charge is 0.477 e. The first-order chi connectivity index (χ1) is 12.6. The summed E-state index contributed by atoms with van der Waals surface area (Å²) in [6.45, 7) is 4.76. The molecule has 0 aliphatic heterocycles. The van der Waals surface area contributed by atoms with Crippen LogP contribution in [0.5, 0.6) is 5.88 Å². The Balaban J connectivity index is 1.64. The molecule has 1 atom stereocenters. The van der Waals surface area contributed by atoms with Crippen LogP contribution in [0.1, 0.15) is 37.2 Å². The molecule has 1 aliphatic rings. The van der Waals surface area contributed by atoms with E-state index in [1.807, 2.05) is 25.1 Å². The lowest BCUT2D eigenvalue weighted by molar-refractivity contribution is 0.289. The van der Waals surface area contributed by atoms with Gasteiger partial charge in [0.1, 0.15) is 11.6 Å². The normalized spacial score (nSPS) is 15.0. The van der Waals surface area contributed by atoms with Crippen molar-refractivity contribution in [3.63, 3.8) is 0 Å². The summed E-state index contributed by atoms with van der Waals surface area (Å²) in [5, 5.41) is 4.45. The Morgan fingerprint density at radius 1 is 1.27 bits per heavy atom. The number of benzene rings is 1. The molecule has 2 heterocycles. The van der Waals surface area contributed by atoms with Crippen molar-refractivity contribution < 1.29 is 4.74 Å². The zero-order chi connectivity index (χ0) is 18.1. The van der Waals surface area contributed by atoms with E-state index in [1.54, 1.807) is 6.20 Å². The second-order valence-electron chi connectivity index (χ2n) is 6.83. The van der Waals surface area contributed by atoms with Crippen LogP contribution < -0.4 is 10.1 Å². The van der Waals surface area contributed by atoms with Crippen molar-refractivity contribution in [1.29, 1.82) is 0 Å². The van der Waals surface area contributed by atoms with Gasteiger partial charge < -0.3 is 10.1 Å². The number of halogens is 1. The number of nitrogens with one attached hydrogen (secondary N) is 1. The molecular weight excluding hydrogens is 392 g/mol.